The van der Waals surface area contributed by atoms with Crippen LogP contribution in [-0.4, -0.2) is 28.3 Å². The van der Waals surface area contributed by atoms with Gasteiger partial charge in [-0.25, -0.2) is 0 Å². The van der Waals surface area contributed by atoms with Crippen LogP contribution in [0, 0.1) is 0 Å². The number of aromatic nitrogens is 2. The fourth-order valence-electron chi connectivity index (χ4n) is 1.29. The molecule has 1 atom stereocenters. The van der Waals surface area contributed by atoms with Crippen LogP contribution in [0.5, 0.6) is 0 Å². The summed E-state index contributed by atoms with van der Waals surface area (Å²) in [6.07, 6.45) is 2.84. The molecule has 1 rings (SSSR count). The van der Waals surface area contributed by atoms with Crippen molar-refractivity contribution in [3.63, 3.8) is 0 Å². The molecule has 16 heavy (non-hydrogen) atoms. The lowest BCUT2D eigenvalue weighted by atomic mass is 10.2. The molecule has 0 aliphatic rings. The van der Waals surface area contributed by atoms with Gasteiger partial charge in [0.2, 0.25) is 5.91 Å². The van der Waals surface area contributed by atoms with Gasteiger partial charge in [0.25, 0.3) is 0 Å². The second kappa shape index (κ2) is 6.27. The van der Waals surface area contributed by atoms with Crippen molar-refractivity contribution in [2.45, 2.75) is 32.9 Å². The van der Waals surface area contributed by atoms with Crippen LogP contribution in [0.15, 0.2) is 12.3 Å². The van der Waals surface area contributed by atoms with E-state index in [1.807, 2.05) is 33.2 Å². The van der Waals surface area contributed by atoms with Crippen LogP contribution in [0.4, 0.5) is 0 Å². The van der Waals surface area contributed by atoms with E-state index in [0.29, 0.717) is 13.1 Å². The van der Waals surface area contributed by atoms with Crippen LogP contribution in [0.1, 0.15) is 26.0 Å². The molecule has 0 fully saturated rings. The number of hydrogen-bond donors (Lipinski definition) is 2. The minimum Gasteiger partial charge on any atom is -0.353 e. The zero-order valence-electron chi connectivity index (χ0n) is 10.2. The van der Waals surface area contributed by atoms with E-state index in [9.17, 15) is 4.79 Å². The molecular formula is C11H20N4O. The molecule has 0 aliphatic carbocycles. The van der Waals surface area contributed by atoms with E-state index in [1.54, 1.807) is 4.68 Å². The molecule has 1 amide bonds. The highest BCUT2D eigenvalue weighted by Gasteiger charge is 2.04. The molecule has 0 bridgehead atoms. The summed E-state index contributed by atoms with van der Waals surface area (Å²) in [4.78, 5) is 11.4. The van der Waals surface area contributed by atoms with Gasteiger partial charge in [-0.05, 0) is 19.4 Å². The molecule has 0 aromatic carbocycles. The zero-order valence-corrected chi connectivity index (χ0v) is 10.2. The standard InChI is InChI=1S/C11H20N4O/c1-4-9(2)13-11(16)8-12-7-10-5-6-15(3)14-10/h5-6,9,12H,4,7-8H2,1-3H3,(H,13,16). The number of rotatable bonds is 6. The molecular weight excluding hydrogens is 204 g/mol. The van der Waals surface area contributed by atoms with Gasteiger partial charge in [0.1, 0.15) is 0 Å². The predicted octanol–water partition coefficient (Wildman–Crippen LogP) is 0.424. The van der Waals surface area contributed by atoms with E-state index in [0.717, 1.165) is 12.1 Å². The summed E-state index contributed by atoms with van der Waals surface area (Å²) >= 11 is 0. The maximum atomic E-state index is 11.4. The smallest absolute Gasteiger partial charge is 0.234 e. The van der Waals surface area contributed by atoms with Gasteiger partial charge in [-0.15, -0.1) is 0 Å². The van der Waals surface area contributed by atoms with Crippen LogP contribution in [0.25, 0.3) is 0 Å². The molecule has 1 unspecified atom stereocenters. The molecule has 5 nitrogen and oxygen atoms in total. The topological polar surface area (TPSA) is 59.0 Å². The Morgan fingerprint density at radius 3 is 2.94 bits per heavy atom. The molecule has 0 saturated carbocycles. The Labute approximate surface area is 96.2 Å². The van der Waals surface area contributed by atoms with E-state index in [2.05, 4.69) is 15.7 Å². The third-order valence-electron chi connectivity index (χ3n) is 2.38. The maximum Gasteiger partial charge on any atom is 0.234 e. The minimum atomic E-state index is 0.0327. The van der Waals surface area contributed by atoms with E-state index < -0.39 is 0 Å². The van der Waals surface area contributed by atoms with Gasteiger partial charge in [-0.3, -0.25) is 9.48 Å². The maximum absolute atomic E-state index is 11.4. The molecule has 0 spiro atoms. The Bertz CT molecular complexity index is 334. The van der Waals surface area contributed by atoms with Crippen LogP contribution >= 0.6 is 0 Å². The third kappa shape index (κ3) is 4.44. The highest BCUT2D eigenvalue weighted by Crippen LogP contribution is 1.92. The van der Waals surface area contributed by atoms with Crippen molar-refractivity contribution in [1.29, 1.82) is 0 Å². The van der Waals surface area contributed by atoms with Crippen molar-refractivity contribution < 1.29 is 4.79 Å². The highest BCUT2D eigenvalue weighted by molar-refractivity contribution is 5.78. The van der Waals surface area contributed by atoms with Crippen LogP contribution in [-0.2, 0) is 18.4 Å². The van der Waals surface area contributed by atoms with Gasteiger partial charge in [0.05, 0.1) is 12.2 Å². The van der Waals surface area contributed by atoms with Gasteiger partial charge in [-0.1, -0.05) is 6.92 Å². The zero-order chi connectivity index (χ0) is 12.0. The third-order valence-corrected chi connectivity index (χ3v) is 2.38. The first-order valence-corrected chi connectivity index (χ1v) is 5.60. The van der Waals surface area contributed by atoms with Crippen molar-refractivity contribution in [1.82, 2.24) is 20.4 Å². The normalized spacial score (nSPS) is 12.4. The number of carbonyl (C=O) groups excluding carboxylic acids is 1. The van der Waals surface area contributed by atoms with E-state index in [1.165, 1.54) is 0 Å². The predicted molar refractivity (Wildman–Crippen MR) is 62.8 cm³/mol. The Morgan fingerprint density at radius 2 is 2.38 bits per heavy atom. The average Bonchev–Trinajstić information content (AvgIpc) is 2.64. The number of hydrogen-bond acceptors (Lipinski definition) is 3. The van der Waals surface area contributed by atoms with Crippen LogP contribution in [0.3, 0.4) is 0 Å². The van der Waals surface area contributed by atoms with E-state index >= 15 is 0 Å². The lowest BCUT2D eigenvalue weighted by Gasteiger charge is -2.11. The van der Waals surface area contributed by atoms with Crippen molar-refractivity contribution in [2.75, 3.05) is 6.54 Å². The average molecular weight is 224 g/mol. The lowest BCUT2D eigenvalue weighted by Crippen LogP contribution is -2.38. The summed E-state index contributed by atoms with van der Waals surface area (Å²) in [5.41, 5.74) is 0.943. The van der Waals surface area contributed by atoms with Crippen LogP contribution < -0.4 is 10.6 Å². The molecule has 0 aliphatic heterocycles. The van der Waals surface area contributed by atoms with E-state index in [4.69, 9.17) is 0 Å². The number of carbonyl (C=O) groups is 1. The Hall–Kier alpha value is -1.36. The number of nitrogens with one attached hydrogen (secondary N) is 2. The molecule has 5 heteroatoms. The summed E-state index contributed by atoms with van der Waals surface area (Å²) in [7, 11) is 1.87. The number of aryl methyl sites for hydroxylation is 1. The molecule has 1 heterocycles. The van der Waals surface area contributed by atoms with Crippen LogP contribution in [0.2, 0.25) is 0 Å². The minimum absolute atomic E-state index is 0.0327. The fraction of sp³-hybridized carbons (Fsp3) is 0.636. The molecule has 90 valence electrons. The molecule has 1 aromatic rings. The second-order valence-electron chi connectivity index (χ2n) is 3.96. The number of amides is 1. The quantitative estimate of drug-likeness (QED) is 0.736. The Kier molecular flexibility index (Phi) is 4.98. The fourth-order valence-corrected chi connectivity index (χ4v) is 1.29. The van der Waals surface area contributed by atoms with E-state index in [-0.39, 0.29) is 11.9 Å². The van der Waals surface area contributed by atoms with Crippen molar-refractivity contribution in [3.05, 3.63) is 18.0 Å². The Morgan fingerprint density at radius 1 is 1.62 bits per heavy atom. The van der Waals surface area contributed by atoms with Gasteiger partial charge in [0, 0.05) is 25.8 Å². The molecule has 0 radical (unpaired) electrons. The first-order valence-electron chi connectivity index (χ1n) is 5.60. The number of nitrogens with zero attached hydrogens (tertiary/aromatic N) is 2. The first kappa shape index (κ1) is 12.7. The van der Waals surface area contributed by atoms with Gasteiger partial charge < -0.3 is 10.6 Å². The van der Waals surface area contributed by atoms with Gasteiger partial charge in [0.15, 0.2) is 0 Å². The van der Waals surface area contributed by atoms with Gasteiger partial charge >= 0.3 is 0 Å². The molecule has 1 aromatic heterocycles. The summed E-state index contributed by atoms with van der Waals surface area (Å²) in [6, 6.07) is 2.17. The second-order valence-corrected chi connectivity index (χ2v) is 3.96. The van der Waals surface area contributed by atoms with Crippen molar-refractivity contribution in [3.8, 4) is 0 Å². The monoisotopic (exact) mass is 224 g/mol. The first-order chi connectivity index (χ1) is 7.61. The summed E-state index contributed by atoms with van der Waals surface area (Å²) in [5, 5.41) is 10.2. The molecule has 2 N–H and O–H groups in total. The SMILES string of the molecule is CCC(C)NC(=O)CNCc1ccn(C)n1. The highest BCUT2D eigenvalue weighted by atomic mass is 16.1. The largest absolute Gasteiger partial charge is 0.353 e. The molecule has 0 saturated heterocycles. The summed E-state index contributed by atoms with van der Waals surface area (Å²) < 4.78 is 1.75. The van der Waals surface area contributed by atoms with Crippen molar-refractivity contribution in [2.24, 2.45) is 7.05 Å². The Balaban J connectivity index is 2.18. The van der Waals surface area contributed by atoms with Gasteiger partial charge in [-0.2, -0.15) is 5.10 Å². The lowest BCUT2D eigenvalue weighted by molar-refractivity contribution is -0.120. The van der Waals surface area contributed by atoms with Crippen molar-refractivity contribution >= 4 is 5.91 Å². The summed E-state index contributed by atoms with van der Waals surface area (Å²) in [5.74, 6) is 0.0327. The summed E-state index contributed by atoms with van der Waals surface area (Å²) in [6.45, 7) is 5.00.